The lowest BCUT2D eigenvalue weighted by atomic mass is 10.1. The van der Waals surface area contributed by atoms with E-state index >= 15 is 0 Å². The second-order valence-corrected chi connectivity index (χ2v) is 8.53. The van der Waals surface area contributed by atoms with Crippen LogP contribution in [0.5, 0.6) is 0 Å². The van der Waals surface area contributed by atoms with Crippen molar-refractivity contribution in [3.63, 3.8) is 0 Å². The number of unbranched alkanes of at least 4 members (excludes halogenated alkanes) is 4. The number of benzene rings is 1. The monoisotopic (exact) mass is 510 g/mol. The fraction of sp³-hybridized carbons (Fsp3) is 0.714. The third kappa shape index (κ3) is 14.5. The summed E-state index contributed by atoms with van der Waals surface area (Å²) in [6.07, 6.45) is 6.50. The van der Waals surface area contributed by atoms with Crippen LogP contribution in [0.15, 0.2) is 24.3 Å². The van der Waals surface area contributed by atoms with Gasteiger partial charge in [-0.2, -0.15) is 0 Å². The molecule has 0 unspecified atom stereocenters. The van der Waals surface area contributed by atoms with Gasteiger partial charge in [-0.1, -0.05) is 53.4 Å². The quantitative estimate of drug-likeness (QED) is 0.108. The minimum atomic E-state index is -0.590. The number of ether oxygens (including phenoxy) is 6. The van der Waals surface area contributed by atoms with Crippen LogP contribution in [0.1, 0.15) is 99.8 Å². The molecule has 36 heavy (non-hydrogen) atoms. The molecule has 0 heterocycles. The molecule has 0 amide bonds. The molecule has 1 rings (SSSR count). The number of rotatable bonds is 22. The second kappa shape index (κ2) is 21.1. The minimum absolute atomic E-state index is 0.00745. The first kappa shape index (κ1) is 32.0. The molecule has 8 nitrogen and oxygen atoms in total. The zero-order valence-corrected chi connectivity index (χ0v) is 22.6. The lowest BCUT2D eigenvalue weighted by molar-refractivity contribution is -0.164. The zero-order chi connectivity index (χ0) is 26.4. The van der Waals surface area contributed by atoms with Gasteiger partial charge in [0.1, 0.15) is 13.2 Å². The number of carbonyl (C=O) groups is 2. The maximum Gasteiger partial charge on any atom is 0.338 e. The fourth-order valence-electron chi connectivity index (χ4n) is 2.92. The van der Waals surface area contributed by atoms with Gasteiger partial charge in [-0.15, -0.1) is 0 Å². The van der Waals surface area contributed by atoms with E-state index in [4.69, 9.17) is 28.4 Å². The topological polar surface area (TPSA) is 89.5 Å². The molecule has 0 N–H and O–H groups in total. The molecular weight excluding hydrogens is 464 g/mol. The van der Waals surface area contributed by atoms with Crippen molar-refractivity contribution in [2.45, 2.75) is 91.6 Å². The van der Waals surface area contributed by atoms with Crippen molar-refractivity contribution >= 4 is 11.9 Å². The Bertz CT molecular complexity index is 612. The van der Waals surface area contributed by atoms with E-state index in [0.29, 0.717) is 37.6 Å². The van der Waals surface area contributed by atoms with Gasteiger partial charge in [0, 0.05) is 26.4 Å². The predicted molar refractivity (Wildman–Crippen MR) is 138 cm³/mol. The molecule has 0 saturated heterocycles. The van der Waals surface area contributed by atoms with Gasteiger partial charge in [0.15, 0.2) is 12.6 Å². The highest BCUT2D eigenvalue weighted by atomic mass is 16.7. The molecular formula is C28H46O8. The fourth-order valence-corrected chi connectivity index (χ4v) is 2.92. The Labute approximate surface area is 216 Å². The first-order valence-corrected chi connectivity index (χ1v) is 13.5. The van der Waals surface area contributed by atoms with Crippen LogP contribution >= 0.6 is 0 Å². The van der Waals surface area contributed by atoms with Gasteiger partial charge in [-0.3, -0.25) is 0 Å². The van der Waals surface area contributed by atoms with E-state index in [-0.39, 0.29) is 13.2 Å². The van der Waals surface area contributed by atoms with Gasteiger partial charge in [0.25, 0.3) is 0 Å². The van der Waals surface area contributed by atoms with E-state index in [1.54, 1.807) is 0 Å². The summed E-state index contributed by atoms with van der Waals surface area (Å²) in [6.45, 7) is 10.5. The van der Waals surface area contributed by atoms with Crippen LogP contribution in [-0.4, -0.2) is 64.2 Å². The molecule has 206 valence electrons. The summed E-state index contributed by atoms with van der Waals surface area (Å²) in [5.41, 5.74) is 0.659. The Morgan fingerprint density at radius 2 is 0.833 bits per heavy atom. The number of hydrogen-bond acceptors (Lipinski definition) is 8. The third-order valence-corrected chi connectivity index (χ3v) is 5.26. The molecule has 0 bridgehead atoms. The van der Waals surface area contributed by atoms with Gasteiger partial charge >= 0.3 is 11.9 Å². The highest BCUT2D eigenvalue weighted by molar-refractivity contribution is 5.93. The SMILES string of the molecule is CCCCOC(COC(=O)c1ccc(C(=O)OCC(OCCCC)OCCCC)cc1)OCCCC. The molecule has 0 aliphatic carbocycles. The van der Waals surface area contributed by atoms with Crippen molar-refractivity contribution in [3.05, 3.63) is 35.4 Å². The molecule has 0 saturated carbocycles. The Morgan fingerprint density at radius 3 is 1.08 bits per heavy atom. The van der Waals surface area contributed by atoms with Crippen LogP contribution in [0.4, 0.5) is 0 Å². The van der Waals surface area contributed by atoms with Crippen LogP contribution in [0.25, 0.3) is 0 Å². The largest absolute Gasteiger partial charge is 0.457 e. The third-order valence-electron chi connectivity index (χ3n) is 5.26. The summed E-state index contributed by atoms with van der Waals surface area (Å²) in [5, 5.41) is 0. The second-order valence-electron chi connectivity index (χ2n) is 8.53. The van der Waals surface area contributed by atoms with Crippen molar-refractivity contribution in [1.29, 1.82) is 0 Å². The normalized spacial score (nSPS) is 11.3. The number of hydrogen-bond donors (Lipinski definition) is 0. The summed E-state index contributed by atoms with van der Waals surface area (Å²) in [5.74, 6) is -1.02. The molecule has 0 fully saturated rings. The molecule has 0 aromatic heterocycles. The molecule has 0 spiro atoms. The zero-order valence-electron chi connectivity index (χ0n) is 22.6. The van der Waals surface area contributed by atoms with E-state index in [1.165, 1.54) is 24.3 Å². The van der Waals surface area contributed by atoms with Crippen molar-refractivity contribution in [2.24, 2.45) is 0 Å². The minimum Gasteiger partial charge on any atom is -0.457 e. The smallest absolute Gasteiger partial charge is 0.338 e. The number of esters is 2. The average Bonchev–Trinajstić information content (AvgIpc) is 2.89. The predicted octanol–water partition coefficient (Wildman–Crippen LogP) is 5.92. The summed E-state index contributed by atoms with van der Waals surface area (Å²) in [4.78, 5) is 24.9. The Morgan fingerprint density at radius 1 is 0.556 bits per heavy atom. The van der Waals surface area contributed by atoms with Gasteiger partial charge in [0.2, 0.25) is 0 Å². The van der Waals surface area contributed by atoms with E-state index in [9.17, 15) is 9.59 Å². The molecule has 8 heteroatoms. The van der Waals surface area contributed by atoms with Crippen LogP contribution < -0.4 is 0 Å². The molecule has 0 radical (unpaired) electrons. The molecule has 0 atom stereocenters. The summed E-state index contributed by atoms with van der Waals surface area (Å²) in [7, 11) is 0. The summed E-state index contributed by atoms with van der Waals surface area (Å²) >= 11 is 0. The van der Waals surface area contributed by atoms with Crippen LogP contribution in [0.2, 0.25) is 0 Å². The summed E-state index contributed by atoms with van der Waals surface area (Å²) < 4.78 is 33.5. The first-order chi connectivity index (χ1) is 17.5. The summed E-state index contributed by atoms with van der Waals surface area (Å²) in [6, 6.07) is 6.15. The van der Waals surface area contributed by atoms with Crippen LogP contribution in [0.3, 0.4) is 0 Å². The molecule has 0 aliphatic rings. The van der Waals surface area contributed by atoms with E-state index in [2.05, 4.69) is 27.7 Å². The Balaban J connectivity index is 2.56. The lowest BCUT2D eigenvalue weighted by Gasteiger charge is -2.19. The van der Waals surface area contributed by atoms with Crippen LogP contribution in [0, 0.1) is 0 Å². The van der Waals surface area contributed by atoms with Gasteiger partial charge in [-0.25, -0.2) is 9.59 Å². The average molecular weight is 511 g/mol. The molecule has 1 aromatic rings. The van der Waals surface area contributed by atoms with E-state index in [1.807, 2.05) is 0 Å². The van der Waals surface area contributed by atoms with Crippen molar-refractivity contribution in [3.8, 4) is 0 Å². The molecule has 1 aromatic carbocycles. The first-order valence-electron chi connectivity index (χ1n) is 13.5. The van der Waals surface area contributed by atoms with Crippen molar-refractivity contribution in [2.75, 3.05) is 39.6 Å². The maximum absolute atomic E-state index is 12.5. The van der Waals surface area contributed by atoms with Crippen molar-refractivity contribution < 1.29 is 38.0 Å². The van der Waals surface area contributed by atoms with Gasteiger partial charge in [-0.05, 0) is 49.9 Å². The van der Waals surface area contributed by atoms with Gasteiger partial charge < -0.3 is 28.4 Å². The highest BCUT2D eigenvalue weighted by Crippen LogP contribution is 2.10. The molecule has 0 aliphatic heterocycles. The van der Waals surface area contributed by atoms with E-state index in [0.717, 1.165) is 51.4 Å². The number of carbonyl (C=O) groups excluding carboxylic acids is 2. The lowest BCUT2D eigenvalue weighted by Crippen LogP contribution is -2.26. The van der Waals surface area contributed by atoms with Crippen LogP contribution in [-0.2, 0) is 28.4 Å². The van der Waals surface area contributed by atoms with Gasteiger partial charge in [0.05, 0.1) is 11.1 Å². The Kier molecular flexibility index (Phi) is 18.8. The van der Waals surface area contributed by atoms with E-state index < -0.39 is 24.5 Å². The highest BCUT2D eigenvalue weighted by Gasteiger charge is 2.17. The Hall–Kier alpha value is -2.00. The maximum atomic E-state index is 12.5. The standard InChI is InChI=1S/C28H46O8/c1-5-9-17-31-25(32-18-10-6-2)21-35-27(29)23-13-15-24(16-14-23)28(30)36-22-26(33-19-11-7-3)34-20-12-8-4/h13-16,25-26H,5-12,17-22H2,1-4H3. The van der Waals surface area contributed by atoms with Crippen molar-refractivity contribution in [1.82, 2.24) is 0 Å².